The van der Waals surface area contributed by atoms with Crippen LogP contribution < -0.4 is 10.9 Å². The number of benzene rings is 2. The predicted molar refractivity (Wildman–Crippen MR) is 101 cm³/mol. The van der Waals surface area contributed by atoms with Crippen molar-refractivity contribution in [3.05, 3.63) is 65.5 Å². The normalized spacial score (nSPS) is 17.2. The standard InChI is InChI=1S/C21H19FN2O4/c22-17-5-1-2-6-18(17)24-21-16(20(26)23-12-15-4-3-9-27-15)10-13-7-8-14(25)11-19(13)28-21/h1-2,5-8,10-11,15,25H,3-4,9,12H2,(H,23,26). The van der Waals surface area contributed by atoms with Crippen LogP contribution >= 0.6 is 0 Å². The molecular weight excluding hydrogens is 363 g/mol. The quantitative estimate of drug-likeness (QED) is 0.724. The maximum absolute atomic E-state index is 14.0. The fourth-order valence-electron chi connectivity index (χ4n) is 3.11. The molecule has 6 nitrogen and oxygen atoms in total. The Morgan fingerprint density at radius 2 is 2.11 bits per heavy atom. The average Bonchev–Trinajstić information content (AvgIpc) is 3.21. The zero-order valence-corrected chi connectivity index (χ0v) is 15.0. The molecule has 4 rings (SSSR count). The second-order valence-corrected chi connectivity index (χ2v) is 6.60. The number of halogens is 1. The molecule has 144 valence electrons. The lowest BCUT2D eigenvalue weighted by molar-refractivity contribution is 0.0854. The molecule has 3 aromatic rings. The number of rotatable bonds is 4. The SMILES string of the molecule is O=C(NCC1CCCO1)c1cc2ccc(O)cc2oc1=Nc1ccccc1F. The second kappa shape index (κ2) is 7.82. The Kier molecular flexibility index (Phi) is 5.08. The molecule has 1 saturated heterocycles. The molecular formula is C21H19FN2O4. The van der Waals surface area contributed by atoms with Crippen molar-refractivity contribution in [3.8, 4) is 5.75 Å². The largest absolute Gasteiger partial charge is 0.508 e. The molecule has 1 amide bonds. The van der Waals surface area contributed by atoms with Gasteiger partial charge >= 0.3 is 0 Å². The first-order valence-electron chi connectivity index (χ1n) is 9.06. The van der Waals surface area contributed by atoms with Gasteiger partial charge in [-0.25, -0.2) is 9.38 Å². The maximum Gasteiger partial charge on any atom is 0.256 e. The number of aromatic hydroxyl groups is 1. The van der Waals surface area contributed by atoms with Crippen LogP contribution in [0.25, 0.3) is 11.0 Å². The molecule has 1 atom stereocenters. The van der Waals surface area contributed by atoms with Gasteiger partial charge in [-0.2, -0.15) is 0 Å². The summed E-state index contributed by atoms with van der Waals surface area (Å²) in [5.74, 6) is -0.896. The Hall–Kier alpha value is -3.19. The molecule has 1 aromatic heterocycles. The summed E-state index contributed by atoms with van der Waals surface area (Å²) in [5.41, 5.74) is 0.539. The molecule has 7 heteroatoms. The van der Waals surface area contributed by atoms with Crippen molar-refractivity contribution >= 4 is 22.6 Å². The van der Waals surface area contributed by atoms with Crippen LogP contribution in [0.1, 0.15) is 23.2 Å². The Morgan fingerprint density at radius 3 is 2.89 bits per heavy atom. The monoisotopic (exact) mass is 382 g/mol. The van der Waals surface area contributed by atoms with E-state index in [9.17, 15) is 14.3 Å². The van der Waals surface area contributed by atoms with Crippen molar-refractivity contribution in [2.45, 2.75) is 18.9 Å². The van der Waals surface area contributed by atoms with E-state index < -0.39 is 5.82 Å². The molecule has 1 unspecified atom stereocenters. The lowest BCUT2D eigenvalue weighted by Crippen LogP contribution is -2.34. The second-order valence-electron chi connectivity index (χ2n) is 6.60. The Labute approximate surface area is 160 Å². The molecule has 1 fully saturated rings. The number of carbonyl (C=O) groups is 1. The van der Waals surface area contributed by atoms with Crippen LogP contribution in [0.2, 0.25) is 0 Å². The van der Waals surface area contributed by atoms with Gasteiger partial charge in [0, 0.05) is 24.6 Å². The summed E-state index contributed by atoms with van der Waals surface area (Å²) in [7, 11) is 0. The third kappa shape index (κ3) is 3.89. The van der Waals surface area contributed by atoms with Crippen LogP contribution in [0.15, 0.2) is 57.9 Å². The van der Waals surface area contributed by atoms with E-state index in [1.807, 2.05) is 0 Å². The smallest absolute Gasteiger partial charge is 0.256 e. The maximum atomic E-state index is 14.0. The van der Waals surface area contributed by atoms with Gasteiger partial charge < -0.3 is 19.6 Å². The molecule has 2 heterocycles. The third-order valence-electron chi connectivity index (χ3n) is 4.57. The number of nitrogens with zero attached hydrogens (tertiary/aromatic N) is 1. The molecule has 28 heavy (non-hydrogen) atoms. The van der Waals surface area contributed by atoms with Crippen LogP contribution in [0, 0.1) is 5.82 Å². The van der Waals surface area contributed by atoms with E-state index in [1.165, 1.54) is 24.3 Å². The Balaban J connectivity index is 1.77. The van der Waals surface area contributed by atoms with Crippen LogP contribution in [0.4, 0.5) is 10.1 Å². The van der Waals surface area contributed by atoms with Crippen LogP contribution in [-0.4, -0.2) is 30.3 Å². The van der Waals surface area contributed by atoms with Gasteiger partial charge in [0.05, 0.1) is 6.10 Å². The predicted octanol–water partition coefficient (Wildman–Crippen LogP) is 3.42. The van der Waals surface area contributed by atoms with E-state index in [1.54, 1.807) is 24.3 Å². The number of hydrogen-bond acceptors (Lipinski definition) is 5. The first kappa shape index (κ1) is 18.2. The minimum atomic E-state index is -0.528. The number of para-hydroxylation sites is 1. The van der Waals surface area contributed by atoms with Gasteiger partial charge in [0.2, 0.25) is 5.55 Å². The fraction of sp³-hybridized carbons (Fsp3) is 0.238. The highest BCUT2D eigenvalue weighted by atomic mass is 19.1. The number of phenolic OH excluding ortho intramolecular Hbond substituents is 1. The summed E-state index contributed by atoms with van der Waals surface area (Å²) in [6.45, 7) is 1.08. The molecule has 0 bridgehead atoms. The molecule has 2 aromatic carbocycles. The molecule has 0 radical (unpaired) electrons. The number of amides is 1. The van der Waals surface area contributed by atoms with Gasteiger partial charge in [0.15, 0.2) is 0 Å². The van der Waals surface area contributed by atoms with Crippen molar-refractivity contribution in [1.82, 2.24) is 5.32 Å². The van der Waals surface area contributed by atoms with E-state index in [0.717, 1.165) is 12.8 Å². The Morgan fingerprint density at radius 1 is 1.25 bits per heavy atom. The van der Waals surface area contributed by atoms with E-state index in [4.69, 9.17) is 9.15 Å². The first-order chi connectivity index (χ1) is 13.6. The highest BCUT2D eigenvalue weighted by molar-refractivity contribution is 5.96. The van der Waals surface area contributed by atoms with Crippen molar-refractivity contribution in [3.63, 3.8) is 0 Å². The molecule has 0 saturated carbocycles. The van der Waals surface area contributed by atoms with Crippen molar-refractivity contribution in [1.29, 1.82) is 0 Å². The summed E-state index contributed by atoms with van der Waals surface area (Å²) in [6.07, 6.45) is 1.86. The van der Waals surface area contributed by atoms with Gasteiger partial charge in [-0.05, 0) is 43.2 Å². The van der Waals surface area contributed by atoms with Crippen molar-refractivity contribution in [2.75, 3.05) is 13.2 Å². The highest BCUT2D eigenvalue weighted by Crippen LogP contribution is 2.21. The molecule has 0 aliphatic carbocycles. The van der Waals surface area contributed by atoms with Gasteiger partial charge in [0.25, 0.3) is 5.91 Å². The van der Waals surface area contributed by atoms with E-state index in [0.29, 0.717) is 24.1 Å². The number of hydrogen-bond donors (Lipinski definition) is 2. The molecule has 2 N–H and O–H groups in total. The van der Waals surface area contributed by atoms with E-state index >= 15 is 0 Å². The lowest BCUT2D eigenvalue weighted by atomic mass is 10.1. The number of fused-ring (bicyclic) bond motifs is 1. The van der Waals surface area contributed by atoms with Crippen LogP contribution in [-0.2, 0) is 4.74 Å². The zero-order chi connectivity index (χ0) is 19.5. The molecule has 1 aliphatic heterocycles. The average molecular weight is 382 g/mol. The van der Waals surface area contributed by atoms with Crippen LogP contribution in [0.5, 0.6) is 5.75 Å². The zero-order valence-electron chi connectivity index (χ0n) is 15.0. The lowest BCUT2D eigenvalue weighted by Gasteiger charge is -2.11. The van der Waals surface area contributed by atoms with Gasteiger partial charge in [-0.1, -0.05) is 12.1 Å². The summed E-state index contributed by atoms with van der Waals surface area (Å²) in [6, 6.07) is 12.1. The minimum Gasteiger partial charge on any atom is -0.508 e. The number of ether oxygens (including phenoxy) is 1. The fourth-order valence-corrected chi connectivity index (χ4v) is 3.11. The third-order valence-corrected chi connectivity index (χ3v) is 4.57. The minimum absolute atomic E-state index is 0.00903. The van der Waals surface area contributed by atoms with Crippen LogP contribution in [0.3, 0.4) is 0 Å². The highest BCUT2D eigenvalue weighted by Gasteiger charge is 2.19. The van der Waals surface area contributed by atoms with Gasteiger partial charge in [-0.15, -0.1) is 0 Å². The van der Waals surface area contributed by atoms with Crippen molar-refractivity contribution in [2.24, 2.45) is 4.99 Å². The molecule has 1 aliphatic rings. The number of nitrogens with one attached hydrogen (secondary N) is 1. The summed E-state index contributed by atoms with van der Waals surface area (Å²) >= 11 is 0. The first-order valence-corrected chi connectivity index (χ1v) is 9.06. The van der Waals surface area contributed by atoms with E-state index in [-0.39, 0.29) is 34.6 Å². The summed E-state index contributed by atoms with van der Waals surface area (Å²) < 4.78 is 25.3. The summed E-state index contributed by atoms with van der Waals surface area (Å²) in [5, 5.41) is 13.1. The van der Waals surface area contributed by atoms with E-state index in [2.05, 4.69) is 10.3 Å². The summed E-state index contributed by atoms with van der Waals surface area (Å²) in [4.78, 5) is 17.0. The van der Waals surface area contributed by atoms with Gasteiger partial charge in [-0.3, -0.25) is 4.79 Å². The van der Waals surface area contributed by atoms with Gasteiger partial charge in [0.1, 0.15) is 28.4 Å². The number of carbonyl (C=O) groups excluding carboxylic acids is 1. The van der Waals surface area contributed by atoms with Crippen molar-refractivity contribution < 1.29 is 23.4 Å². The molecule has 0 spiro atoms. The number of phenols is 1. The Bertz CT molecular complexity index is 1090. The topological polar surface area (TPSA) is 84.1 Å².